The van der Waals surface area contributed by atoms with Gasteiger partial charge in [0.2, 0.25) is 0 Å². The first-order valence-electron chi connectivity index (χ1n) is 9.96. The zero-order chi connectivity index (χ0) is 19.9. The van der Waals surface area contributed by atoms with Crippen molar-refractivity contribution in [3.05, 3.63) is 53.8 Å². The molecule has 0 aromatic heterocycles. The Bertz CT molecular complexity index is 890. The number of amides is 1. The van der Waals surface area contributed by atoms with E-state index in [0.717, 1.165) is 24.1 Å². The Morgan fingerprint density at radius 3 is 2.54 bits per heavy atom. The van der Waals surface area contributed by atoms with Gasteiger partial charge in [-0.15, -0.1) is 0 Å². The summed E-state index contributed by atoms with van der Waals surface area (Å²) in [5.41, 5.74) is 3.34. The summed E-state index contributed by atoms with van der Waals surface area (Å²) in [7, 11) is 0. The second kappa shape index (κ2) is 7.12. The molecule has 2 aliphatic rings. The molecule has 28 heavy (non-hydrogen) atoms. The maximum atomic E-state index is 14.5. The van der Waals surface area contributed by atoms with E-state index in [2.05, 4.69) is 11.4 Å². The monoisotopic (exact) mass is 382 g/mol. The van der Waals surface area contributed by atoms with Crippen LogP contribution < -0.4 is 5.32 Å². The standard InChI is InChI=1S/C23H27FN2O2/c1-23(2,3)28-22(27)26-13-11-17-19(12-14-26)25-20-10-6-8-16(21(17)20)15-7-4-5-9-18(15)24/h4-10,17,19,25H,11-14H2,1-3H3/t17-,19+/m1/s1. The van der Waals surface area contributed by atoms with E-state index in [4.69, 9.17) is 4.74 Å². The topological polar surface area (TPSA) is 41.6 Å². The number of halogens is 1. The molecule has 148 valence electrons. The minimum Gasteiger partial charge on any atom is -0.444 e. The van der Waals surface area contributed by atoms with E-state index < -0.39 is 5.60 Å². The number of rotatable bonds is 1. The molecular formula is C23H27FN2O2. The van der Waals surface area contributed by atoms with Crippen LogP contribution in [0.25, 0.3) is 11.1 Å². The van der Waals surface area contributed by atoms with Crippen LogP contribution in [0, 0.1) is 5.82 Å². The van der Waals surface area contributed by atoms with Crippen LogP contribution >= 0.6 is 0 Å². The number of hydrogen-bond donors (Lipinski definition) is 1. The minimum absolute atomic E-state index is 0.205. The van der Waals surface area contributed by atoms with Gasteiger partial charge in [0.25, 0.3) is 0 Å². The third kappa shape index (κ3) is 3.58. The summed E-state index contributed by atoms with van der Waals surface area (Å²) in [6, 6.07) is 13.2. The Labute approximate surface area is 165 Å². The van der Waals surface area contributed by atoms with Gasteiger partial charge in [-0.05, 0) is 56.9 Å². The Kier molecular flexibility index (Phi) is 4.77. The second-order valence-electron chi connectivity index (χ2n) is 8.65. The molecule has 1 fully saturated rings. The summed E-state index contributed by atoms with van der Waals surface area (Å²) in [6.07, 6.45) is 1.42. The molecule has 2 aromatic rings. The Morgan fingerprint density at radius 1 is 1.07 bits per heavy atom. The SMILES string of the molecule is CC(C)(C)OC(=O)N1CC[C@@H]2Nc3cccc(-c4ccccc4F)c3[C@@H]2CC1. The number of anilines is 1. The molecule has 2 atom stereocenters. The maximum absolute atomic E-state index is 14.5. The van der Waals surface area contributed by atoms with Gasteiger partial charge in [-0.25, -0.2) is 9.18 Å². The lowest BCUT2D eigenvalue weighted by Gasteiger charge is -2.26. The summed E-state index contributed by atoms with van der Waals surface area (Å²) in [4.78, 5) is 14.3. The van der Waals surface area contributed by atoms with Crippen LogP contribution in [0.5, 0.6) is 0 Å². The number of carbonyl (C=O) groups is 1. The van der Waals surface area contributed by atoms with Gasteiger partial charge in [-0.2, -0.15) is 0 Å². The molecule has 5 heteroatoms. The molecule has 0 unspecified atom stereocenters. The second-order valence-corrected chi connectivity index (χ2v) is 8.65. The fraction of sp³-hybridized carbons (Fsp3) is 0.435. The zero-order valence-corrected chi connectivity index (χ0v) is 16.7. The molecule has 0 radical (unpaired) electrons. The quantitative estimate of drug-likeness (QED) is 0.718. The molecule has 0 aliphatic carbocycles. The van der Waals surface area contributed by atoms with Gasteiger partial charge in [-0.1, -0.05) is 30.3 Å². The number of benzene rings is 2. The molecule has 2 aromatic carbocycles. The van der Waals surface area contributed by atoms with E-state index in [1.807, 2.05) is 45.0 Å². The van der Waals surface area contributed by atoms with Crippen molar-refractivity contribution in [2.24, 2.45) is 0 Å². The van der Waals surface area contributed by atoms with Crippen LogP contribution in [0.15, 0.2) is 42.5 Å². The van der Waals surface area contributed by atoms with Crippen LogP contribution in [0.3, 0.4) is 0 Å². The number of nitrogens with zero attached hydrogens (tertiary/aromatic N) is 1. The number of likely N-dealkylation sites (tertiary alicyclic amines) is 1. The van der Waals surface area contributed by atoms with Gasteiger partial charge in [0, 0.05) is 36.3 Å². The van der Waals surface area contributed by atoms with Crippen LogP contribution in [0.4, 0.5) is 14.9 Å². The van der Waals surface area contributed by atoms with E-state index in [0.29, 0.717) is 18.7 Å². The van der Waals surface area contributed by atoms with Crippen molar-refractivity contribution in [1.29, 1.82) is 0 Å². The molecule has 2 heterocycles. The molecule has 4 nitrogen and oxygen atoms in total. The summed E-state index contributed by atoms with van der Waals surface area (Å²) in [5, 5.41) is 3.61. The summed E-state index contributed by atoms with van der Waals surface area (Å²) >= 11 is 0. The third-order valence-corrected chi connectivity index (χ3v) is 5.54. The number of nitrogens with one attached hydrogen (secondary N) is 1. The van der Waals surface area contributed by atoms with Crippen molar-refractivity contribution in [2.75, 3.05) is 18.4 Å². The number of hydrogen-bond acceptors (Lipinski definition) is 3. The van der Waals surface area contributed by atoms with Crippen molar-refractivity contribution >= 4 is 11.8 Å². The smallest absolute Gasteiger partial charge is 0.410 e. The molecule has 0 bridgehead atoms. The maximum Gasteiger partial charge on any atom is 0.410 e. The van der Waals surface area contributed by atoms with Crippen molar-refractivity contribution < 1.29 is 13.9 Å². The van der Waals surface area contributed by atoms with Crippen LogP contribution in [0.2, 0.25) is 0 Å². The van der Waals surface area contributed by atoms with Gasteiger partial charge < -0.3 is 15.0 Å². The normalized spacial score (nSPS) is 21.4. The zero-order valence-electron chi connectivity index (χ0n) is 16.7. The Morgan fingerprint density at radius 2 is 1.79 bits per heavy atom. The lowest BCUT2D eigenvalue weighted by atomic mass is 9.86. The van der Waals surface area contributed by atoms with E-state index in [1.54, 1.807) is 11.0 Å². The first-order valence-corrected chi connectivity index (χ1v) is 9.96. The summed E-state index contributed by atoms with van der Waals surface area (Å²) in [6.45, 7) is 6.96. The number of fused-ring (bicyclic) bond motifs is 3. The molecule has 1 saturated heterocycles. The molecule has 0 saturated carbocycles. The number of carbonyl (C=O) groups excluding carboxylic acids is 1. The van der Waals surface area contributed by atoms with E-state index in [-0.39, 0.29) is 23.9 Å². The van der Waals surface area contributed by atoms with E-state index >= 15 is 0 Å². The van der Waals surface area contributed by atoms with Crippen molar-refractivity contribution in [1.82, 2.24) is 4.90 Å². The predicted molar refractivity (Wildman–Crippen MR) is 109 cm³/mol. The molecule has 2 aliphatic heterocycles. The molecule has 1 N–H and O–H groups in total. The first-order chi connectivity index (χ1) is 13.3. The lowest BCUT2D eigenvalue weighted by Crippen LogP contribution is -2.37. The third-order valence-electron chi connectivity index (χ3n) is 5.54. The van der Waals surface area contributed by atoms with Gasteiger partial charge in [-0.3, -0.25) is 0 Å². The molecular weight excluding hydrogens is 355 g/mol. The lowest BCUT2D eigenvalue weighted by molar-refractivity contribution is 0.0256. The fourth-order valence-corrected chi connectivity index (χ4v) is 4.34. The first kappa shape index (κ1) is 18.8. The van der Waals surface area contributed by atoms with Crippen molar-refractivity contribution in [3.63, 3.8) is 0 Å². The highest BCUT2D eigenvalue weighted by molar-refractivity contribution is 5.78. The summed E-state index contributed by atoms with van der Waals surface area (Å²) < 4.78 is 20.0. The highest BCUT2D eigenvalue weighted by Gasteiger charge is 2.38. The highest BCUT2D eigenvalue weighted by atomic mass is 19.1. The van der Waals surface area contributed by atoms with Gasteiger partial charge >= 0.3 is 6.09 Å². The molecule has 0 spiro atoms. The van der Waals surface area contributed by atoms with E-state index in [9.17, 15) is 9.18 Å². The fourth-order valence-electron chi connectivity index (χ4n) is 4.34. The van der Waals surface area contributed by atoms with Crippen LogP contribution in [-0.4, -0.2) is 35.7 Å². The average molecular weight is 382 g/mol. The van der Waals surface area contributed by atoms with Gasteiger partial charge in [0.05, 0.1) is 0 Å². The average Bonchev–Trinajstić information content (AvgIpc) is 2.85. The van der Waals surface area contributed by atoms with Gasteiger partial charge in [0.15, 0.2) is 0 Å². The van der Waals surface area contributed by atoms with E-state index in [1.165, 1.54) is 11.6 Å². The Balaban J connectivity index is 1.61. The number of ether oxygens (including phenoxy) is 1. The van der Waals surface area contributed by atoms with Gasteiger partial charge in [0.1, 0.15) is 11.4 Å². The molecule has 1 amide bonds. The minimum atomic E-state index is -0.498. The largest absolute Gasteiger partial charge is 0.444 e. The summed E-state index contributed by atoms with van der Waals surface area (Å²) in [5.74, 6) is 0.0431. The van der Waals surface area contributed by atoms with Crippen molar-refractivity contribution in [2.45, 2.75) is 51.2 Å². The Hall–Kier alpha value is -2.56. The van der Waals surface area contributed by atoms with Crippen LogP contribution in [0.1, 0.15) is 45.1 Å². The highest BCUT2D eigenvalue weighted by Crippen LogP contribution is 2.46. The predicted octanol–water partition coefficient (Wildman–Crippen LogP) is 5.40. The van der Waals surface area contributed by atoms with Crippen LogP contribution in [-0.2, 0) is 4.74 Å². The van der Waals surface area contributed by atoms with Crippen molar-refractivity contribution in [3.8, 4) is 11.1 Å². The molecule has 4 rings (SSSR count).